The normalized spacial score (nSPS) is 28.0. The highest BCUT2D eigenvalue weighted by Gasteiger charge is 2.28. The van der Waals surface area contributed by atoms with E-state index in [-0.39, 0.29) is 6.54 Å². The first-order valence-electron chi connectivity index (χ1n) is 4.03. The van der Waals surface area contributed by atoms with E-state index in [2.05, 4.69) is 0 Å². The fraction of sp³-hybridized carbons (Fsp3) is 0.625. The molecule has 4 nitrogen and oxygen atoms in total. The molecule has 0 N–H and O–H groups in total. The van der Waals surface area contributed by atoms with Crippen molar-refractivity contribution < 1.29 is 14.4 Å². The van der Waals surface area contributed by atoms with Gasteiger partial charge in [-0.2, -0.15) is 0 Å². The van der Waals surface area contributed by atoms with E-state index in [0.29, 0.717) is 4.48 Å². The lowest BCUT2D eigenvalue weighted by Crippen LogP contribution is -2.50. The van der Waals surface area contributed by atoms with E-state index in [4.69, 9.17) is 0 Å². The number of carboxylic acid groups (broad SMARTS) is 1. The van der Waals surface area contributed by atoms with E-state index in [1.807, 2.05) is 31.3 Å². The second kappa shape index (κ2) is 3.15. The van der Waals surface area contributed by atoms with Crippen molar-refractivity contribution in [2.45, 2.75) is 6.92 Å². The Bertz CT molecular complexity index is 215. The molecule has 0 saturated heterocycles. The summed E-state index contributed by atoms with van der Waals surface area (Å²) in [5, 5.41) is 10.4. The third-order valence-corrected chi connectivity index (χ3v) is 2.22. The largest absolute Gasteiger partial charge is 0.544 e. The average Bonchev–Trinajstić information content (AvgIpc) is 2.32. The maximum Gasteiger partial charge on any atom is 0.158 e. The topological polar surface area (TPSA) is 43.4 Å². The number of aliphatic carboxylic acids is 1. The van der Waals surface area contributed by atoms with Crippen LogP contribution in [0.25, 0.3) is 0 Å². The first kappa shape index (κ1) is 9.06. The van der Waals surface area contributed by atoms with Crippen LogP contribution < -0.4 is 5.11 Å². The minimum Gasteiger partial charge on any atom is -0.544 e. The molecule has 1 atom stereocenters. The zero-order chi connectivity index (χ0) is 9.19. The van der Waals surface area contributed by atoms with Gasteiger partial charge in [-0.05, 0) is 6.92 Å². The Morgan fingerprint density at radius 3 is 2.75 bits per heavy atom. The summed E-state index contributed by atoms with van der Waals surface area (Å²) in [5.74, 6) is -0.989. The standard InChI is InChI=1S/C8H14N2O2/c1-3-10(6-8(11)12)5-4-9(2)7-10/h4-5H,3,6-7H2,1-2H3. The van der Waals surface area contributed by atoms with Crippen LogP contribution in [0.1, 0.15) is 6.92 Å². The molecule has 0 bridgehead atoms. The van der Waals surface area contributed by atoms with Crippen LogP contribution >= 0.6 is 0 Å². The van der Waals surface area contributed by atoms with Gasteiger partial charge < -0.3 is 14.8 Å². The molecule has 1 aliphatic heterocycles. The molecule has 0 amide bonds. The molecule has 68 valence electrons. The number of carbonyl (C=O) groups excluding carboxylic acids is 1. The molecule has 0 aromatic rings. The van der Waals surface area contributed by atoms with Crippen LogP contribution in [-0.2, 0) is 4.79 Å². The van der Waals surface area contributed by atoms with Crippen molar-refractivity contribution in [3.63, 3.8) is 0 Å². The molecule has 1 rings (SSSR count). The quantitative estimate of drug-likeness (QED) is 0.507. The van der Waals surface area contributed by atoms with Gasteiger partial charge in [-0.15, -0.1) is 0 Å². The Morgan fingerprint density at radius 2 is 2.42 bits per heavy atom. The second-order valence-corrected chi connectivity index (χ2v) is 3.26. The van der Waals surface area contributed by atoms with Gasteiger partial charge in [0, 0.05) is 7.05 Å². The average molecular weight is 170 g/mol. The summed E-state index contributed by atoms with van der Waals surface area (Å²) in [4.78, 5) is 12.4. The van der Waals surface area contributed by atoms with Gasteiger partial charge in [0.15, 0.2) is 6.67 Å². The summed E-state index contributed by atoms with van der Waals surface area (Å²) in [6.07, 6.45) is 3.82. The predicted molar refractivity (Wildman–Crippen MR) is 42.4 cm³/mol. The molecule has 0 saturated carbocycles. The third kappa shape index (κ3) is 1.76. The van der Waals surface area contributed by atoms with Crippen molar-refractivity contribution in [1.82, 2.24) is 4.90 Å². The van der Waals surface area contributed by atoms with Gasteiger partial charge in [-0.1, -0.05) is 0 Å². The molecule has 1 heterocycles. The molecule has 0 fully saturated rings. The van der Waals surface area contributed by atoms with Crippen LogP contribution in [0.4, 0.5) is 0 Å². The number of hydrogen-bond acceptors (Lipinski definition) is 3. The van der Waals surface area contributed by atoms with Gasteiger partial charge in [0.1, 0.15) is 12.7 Å². The molecule has 0 radical (unpaired) electrons. The lowest BCUT2D eigenvalue weighted by atomic mass is 10.4. The zero-order valence-corrected chi connectivity index (χ0v) is 7.49. The molecular weight excluding hydrogens is 156 g/mol. The van der Waals surface area contributed by atoms with E-state index in [1.165, 1.54) is 0 Å². The van der Waals surface area contributed by atoms with Gasteiger partial charge >= 0.3 is 0 Å². The Morgan fingerprint density at radius 1 is 1.75 bits per heavy atom. The van der Waals surface area contributed by atoms with Crippen LogP contribution in [0.3, 0.4) is 0 Å². The Balaban J connectivity index is 2.66. The first-order valence-corrected chi connectivity index (χ1v) is 4.03. The minimum atomic E-state index is -0.989. The Hall–Kier alpha value is -1.03. The SMILES string of the molecule is CC[N+]1(CC(=O)[O-])C=CN(C)C1. The Labute approximate surface area is 72.3 Å². The van der Waals surface area contributed by atoms with Gasteiger partial charge in [0.25, 0.3) is 0 Å². The second-order valence-electron chi connectivity index (χ2n) is 3.26. The van der Waals surface area contributed by atoms with Gasteiger partial charge in [-0.25, -0.2) is 0 Å². The summed E-state index contributed by atoms with van der Waals surface area (Å²) >= 11 is 0. The summed E-state index contributed by atoms with van der Waals surface area (Å²) in [6, 6.07) is 0. The molecule has 0 aliphatic carbocycles. The van der Waals surface area contributed by atoms with E-state index in [9.17, 15) is 9.90 Å². The van der Waals surface area contributed by atoms with E-state index < -0.39 is 5.97 Å². The smallest absolute Gasteiger partial charge is 0.158 e. The molecule has 1 unspecified atom stereocenters. The van der Waals surface area contributed by atoms with Crippen molar-refractivity contribution in [3.05, 3.63) is 12.4 Å². The molecule has 4 heteroatoms. The van der Waals surface area contributed by atoms with Crippen LogP contribution in [0.5, 0.6) is 0 Å². The lowest BCUT2D eigenvalue weighted by Gasteiger charge is -2.31. The number of likely N-dealkylation sites (N-methyl/N-ethyl adjacent to an activating group) is 1. The Kier molecular flexibility index (Phi) is 2.38. The van der Waals surface area contributed by atoms with Crippen LogP contribution in [-0.4, -0.2) is 42.2 Å². The highest BCUT2D eigenvalue weighted by molar-refractivity contribution is 5.65. The highest BCUT2D eigenvalue weighted by atomic mass is 16.4. The van der Waals surface area contributed by atoms with Gasteiger partial charge in [0.2, 0.25) is 0 Å². The van der Waals surface area contributed by atoms with E-state index in [1.54, 1.807) is 0 Å². The first-order chi connectivity index (χ1) is 5.58. The fourth-order valence-electron chi connectivity index (χ4n) is 1.47. The fourth-order valence-corrected chi connectivity index (χ4v) is 1.47. The molecule has 0 aromatic heterocycles. The molecule has 12 heavy (non-hydrogen) atoms. The zero-order valence-electron chi connectivity index (χ0n) is 7.49. The maximum atomic E-state index is 10.4. The molecule has 1 aliphatic rings. The third-order valence-electron chi connectivity index (χ3n) is 2.22. The summed E-state index contributed by atoms with van der Waals surface area (Å²) in [6.45, 7) is 3.56. The molecule has 0 spiro atoms. The summed E-state index contributed by atoms with van der Waals surface area (Å²) in [5.41, 5.74) is 0. The molecule has 0 aromatic carbocycles. The van der Waals surface area contributed by atoms with Crippen molar-refractivity contribution in [2.24, 2.45) is 0 Å². The van der Waals surface area contributed by atoms with Gasteiger partial charge in [0.05, 0.1) is 18.7 Å². The number of quaternary nitrogens is 1. The lowest BCUT2D eigenvalue weighted by molar-refractivity contribution is -0.873. The number of rotatable bonds is 3. The van der Waals surface area contributed by atoms with Crippen LogP contribution in [0.2, 0.25) is 0 Å². The number of carboxylic acids is 1. The maximum absolute atomic E-state index is 10.4. The summed E-state index contributed by atoms with van der Waals surface area (Å²) < 4.78 is 0.471. The van der Waals surface area contributed by atoms with Crippen molar-refractivity contribution in [1.29, 1.82) is 0 Å². The minimum absolute atomic E-state index is 0.0668. The summed E-state index contributed by atoms with van der Waals surface area (Å²) in [7, 11) is 1.93. The van der Waals surface area contributed by atoms with E-state index >= 15 is 0 Å². The van der Waals surface area contributed by atoms with Crippen molar-refractivity contribution >= 4 is 5.97 Å². The monoisotopic (exact) mass is 170 g/mol. The number of carbonyl (C=O) groups is 1. The van der Waals surface area contributed by atoms with Gasteiger partial charge in [-0.3, -0.25) is 4.48 Å². The number of hydrogen-bond donors (Lipinski definition) is 0. The van der Waals surface area contributed by atoms with Crippen molar-refractivity contribution in [2.75, 3.05) is 26.8 Å². The highest BCUT2D eigenvalue weighted by Crippen LogP contribution is 2.15. The van der Waals surface area contributed by atoms with Crippen LogP contribution in [0.15, 0.2) is 12.4 Å². The number of nitrogens with zero attached hydrogens (tertiary/aromatic N) is 2. The van der Waals surface area contributed by atoms with Crippen molar-refractivity contribution in [3.8, 4) is 0 Å². The molecular formula is C8H14N2O2. The van der Waals surface area contributed by atoms with Crippen LogP contribution in [0, 0.1) is 0 Å². The van der Waals surface area contributed by atoms with E-state index in [0.717, 1.165) is 13.2 Å². The predicted octanol–water partition coefficient (Wildman–Crippen LogP) is -1.05.